The van der Waals surface area contributed by atoms with Gasteiger partial charge in [0.1, 0.15) is 5.75 Å². The molecule has 2 aromatic rings. The number of nitrogens with one attached hydrogen (secondary N) is 1. The van der Waals surface area contributed by atoms with Gasteiger partial charge in [-0.2, -0.15) is 5.26 Å². The standard InChI is InChI=1S/C23H29N3O/c24-13-4-5-15-27-23-12-6-10-21(16-23)17-25-22-11-7-14-26(19-22)18-20-8-2-1-3-9-20/h1-3,6,8-10,12,16,22,25H,4-5,7,11,14-15,17-19H2. The summed E-state index contributed by atoms with van der Waals surface area (Å²) in [7, 11) is 0. The van der Waals surface area contributed by atoms with Crippen LogP contribution in [0, 0.1) is 11.3 Å². The molecule has 1 N–H and O–H groups in total. The summed E-state index contributed by atoms with van der Waals surface area (Å²) in [5.74, 6) is 0.890. The summed E-state index contributed by atoms with van der Waals surface area (Å²) in [6, 6.07) is 21.7. The third-order valence-electron chi connectivity index (χ3n) is 4.95. The summed E-state index contributed by atoms with van der Waals surface area (Å²) in [6.45, 7) is 4.77. The molecule has 0 radical (unpaired) electrons. The number of ether oxygens (including phenoxy) is 1. The minimum absolute atomic E-state index is 0.530. The molecule has 1 aliphatic rings. The molecule has 0 amide bonds. The first-order valence-electron chi connectivity index (χ1n) is 9.92. The zero-order valence-corrected chi connectivity index (χ0v) is 15.9. The van der Waals surface area contributed by atoms with Crippen LogP contribution in [-0.4, -0.2) is 30.6 Å². The molecule has 1 aliphatic heterocycles. The van der Waals surface area contributed by atoms with Crippen molar-refractivity contribution in [1.82, 2.24) is 10.2 Å². The Bertz CT molecular complexity index is 726. The van der Waals surface area contributed by atoms with Crippen LogP contribution in [0.1, 0.15) is 36.8 Å². The Balaban J connectivity index is 1.44. The lowest BCUT2D eigenvalue weighted by molar-refractivity contribution is 0.182. The number of rotatable bonds is 9. The van der Waals surface area contributed by atoms with E-state index in [1.165, 1.54) is 30.5 Å². The topological polar surface area (TPSA) is 48.3 Å². The van der Waals surface area contributed by atoms with Crippen molar-refractivity contribution in [3.63, 3.8) is 0 Å². The van der Waals surface area contributed by atoms with Gasteiger partial charge in [-0.1, -0.05) is 42.5 Å². The van der Waals surface area contributed by atoms with Crippen molar-refractivity contribution in [1.29, 1.82) is 5.26 Å². The van der Waals surface area contributed by atoms with Gasteiger partial charge in [-0.05, 0) is 49.1 Å². The number of unbranched alkanes of at least 4 members (excludes halogenated alkanes) is 1. The fraction of sp³-hybridized carbons (Fsp3) is 0.435. The Kier molecular flexibility index (Phi) is 7.70. The summed E-state index contributed by atoms with van der Waals surface area (Å²) in [5, 5.41) is 12.3. The van der Waals surface area contributed by atoms with Gasteiger partial charge < -0.3 is 10.1 Å². The van der Waals surface area contributed by atoms with Crippen molar-refractivity contribution in [3.05, 3.63) is 65.7 Å². The smallest absolute Gasteiger partial charge is 0.119 e. The van der Waals surface area contributed by atoms with Crippen LogP contribution in [0.4, 0.5) is 0 Å². The Hall–Kier alpha value is -2.35. The molecule has 1 heterocycles. The second-order valence-electron chi connectivity index (χ2n) is 7.20. The van der Waals surface area contributed by atoms with Crippen molar-refractivity contribution in [2.75, 3.05) is 19.7 Å². The highest BCUT2D eigenvalue weighted by molar-refractivity contribution is 5.28. The Morgan fingerprint density at radius 2 is 1.96 bits per heavy atom. The van der Waals surface area contributed by atoms with E-state index in [4.69, 9.17) is 10.00 Å². The number of hydrogen-bond acceptors (Lipinski definition) is 4. The fourth-order valence-corrected chi connectivity index (χ4v) is 3.56. The van der Waals surface area contributed by atoms with E-state index in [0.29, 0.717) is 19.1 Å². The summed E-state index contributed by atoms with van der Waals surface area (Å²) < 4.78 is 5.74. The Morgan fingerprint density at radius 1 is 1.11 bits per heavy atom. The molecule has 3 rings (SSSR count). The van der Waals surface area contributed by atoms with Gasteiger partial charge in [0.25, 0.3) is 0 Å². The lowest BCUT2D eigenvalue weighted by Crippen LogP contribution is -2.45. The number of piperidine rings is 1. The average molecular weight is 364 g/mol. The SMILES string of the molecule is N#CCCCOc1cccc(CNC2CCCN(Cc3ccccc3)C2)c1. The summed E-state index contributed by atoms with van der Waals surface area (Å²) in [4.78, 5) is 2.55. The van der Waals surface area contributed by atoms with Gasteiger partial charge in [-0.15, -0.1) is 0 Å². The molecule has 0 spiro atoms. The third kappa shape index (κ3) is 6.71. The van der Waals surface area contributed by atoms with Crippen molar-refractivity contribution in [3.8, 4) is 11.8 Å². The zero-order chi connectivity index (χ0) is 18.7. The number of nitrogens with zero attached hydrogens (tertiary/aromatic N) is 2. The average Bonchev–Trinajstić information content (AvgIpc) is 2.71. The van der Waals surface area contributed by atoms with Crippen molar-refractivity contribution in [2.45, 2.75) is 44.8 Å². The van der Waals surface area contributed by atoms with Crippen molar-refractivity contribution in [2.24, 2.45) is 0 Å². The van der Waals surface area contributed by atoms with Crippen molar-refractivity contribution >= 4 is 0 Å². The molecule has 27 heavy (non-hydrogen) atoms. The van der Waals surface area contributed by atoms with E-state index in [0.717, 1.165) is 31.8 Å². The molecule has 0 bridgehead atoms. The minimum Gasteiger partial charge on any atom is -0.494 e. The molecule has 1 fully saturated rings. The number of benzene rings is 2. The van der Waals surface area contributed by atoms with E-state index >= 15 is 0 Å². The molecule has 1 unspecified atom stereocenters. The van der Waals surface area contributed by atoms with Gasteiger partial charge in [0.05, 0.1) is 12.7 Å². The van der Waals surface area contributed by atoms with Gasteiger partial charge in [-0.3, -0.25) is 4.90 Å². The molecule has 1 saturated heterocycles. The second kappa shape index (κ2) is 10.7. The van der Waals surface area contributed by atoms with E-state index in [9.17, 15) is 0 Å². The van der Waals surface area contributed by atoms with Crippen LogP contribution >= 0.6 is 0 Å². The third-order valence-corrected chi connectivity index (χ3v) is 4.95. The van der Waals surface area contributed by atoms with Crippen LogP contribution in [0.2, 0.25) is 0 Å². The summed E-state index contributed by atoms with van der Waals surface area (Å²) in [5.41, 5.74) is 2.63. The highest BCUT2D eigenvalue weighted by Gasteiger charge is 2.19. The minimum atomic E-state index is 0.530. The number of nitriles is 1. The zero-order valence-electron chi connectivity index (χ0n) is 15.9. The van der Waals surface area contributed by atoms with Crippen LogP contribution in [-0.2, 0) is 13.1 Å². The highest BCUT2D eigenvalue weighted by atomic mass is 16.5. The Labute approximate surface area is 162 Å². The highest BCUT2D eigenvalue weighted by Crippen LogP contribution is 2.16. The summed E-state index contributed by atoms with van der Waals surface area (Å²) in [6.07, 6.45) is 3.79. The second-order valence-corrected chi connectivity index (χ2v) is 7.20. The van der Waals surface area contributed by atoms with Crippen LogP contribution in [0.25, 0.3) is 0 Å². The van der Waals surface area contributed by atoms with E-state index in [-0.39, 0.29) is 0 Å². The molecule has 0 aromatic heterocycles. The maximum Gasteiger partial charge on any atom is 0.119 e. The quantitative estimate of drug-likeness (QED) is 0.681. The van der Waals surface area contributed by atoms with Gasteiger partial charge in [-0.25, -0.2) is 0 Å². The normalized spacial score (nSPS) is 17.4. The van der Waals surface area contributed by atoms with Crippen LogP contribution in [0.15, 0.2) is 54.6 Å². The first kappa shape index (κ1) is 19.4. The first-order chi connectivity index (χ1) is 13.3. The van der Waals surface area contributed by atoms with E-state index < -0.39 is 0 Å². The fourth-order valence-electron chi connectivity index (χ4n) is 3.56. The van der Waals surface area contributed by atoms with Gasteiger partial charge >= 0.3 is 0 Å². The monoisotopic (exact) mass is 363 g/mol. The molecular formula is C23H29N3O. The molecule has 0 saturated carbocycles. The van der Waals surface area contributed by atoms with E-state index in [1.807, 2.05) is 12.1 Å². The lowest BCUT2D eigenvalue weighted by atomic mass is 10.0. The van der Waals surface area contributed by atoms with E-state index in [1.54, 1.807) is 0 Å². The predicted molar refractivity (Wildman–Crippen MR) is 108 cm³/mol. The molecule has 4 heteroatoms. The van der Waals surface area contributed by atoms with Gasteiger partial charge in [0.2, 0.25) is 0 Å². The van der Waals surface area contributed by atoms with Crippen LogP contribution in [0.3, 0.4) is 0 Å². The first-order valence-corrected chi connectivity index (χ1v) is 9.92. The maximum atomic E-state index is 8.59. The van der Waals surface area contributed by atoms with Gasteiger partial charge in [0.15, 0.2) is 0 Å². The van der Waals surface area contributed by atoms with Crippen molar-refractivity contribution < 1.29 is 4.74 Å². The molecule has 4 nitrogen and oxygen atoms in total. The van der Waals surface area contributed by atoms with Crippen LogP contribution < -0.4 is 10.1 Å². The lowest BCUT2D eigenvalue weighted by Gasteiger charge is -2.33. The largest absolute Gasteiger partial charge is 0.494 e. The van der Waals surface area contributed by atoms with Crippen LogP contribution in [0.5, 0.6) is 5.75 Å². The number of hydrogen-bond donors (Lipinski definition) is 1. The van der Waals surface area contributed by atoms with Gasteiger partial charge in [0, 0.05) is 32.1 Å². The molecule has 142 valence electrons. The number of likely N-dealkylation sites (tertiary alicyclic amines) is 1. The Morgan fingerprint density at radius 3 is 2.81 bits per heavy atom. The maximum absolute atomic E-state index is 8.59. The molecular weight excluding hydrogens is 334 g/mol. The molecule has 2 aromatic carbocycles. The molecule has 0 aliphatic carbocycles. The summed E-state index contributed by atoms with van der Waals surface area (Å²) >= 11 is 0. The van der Waals surface area contributed by atoms with E-state index in [2.05, 4.69) is 58.8 Å². The predicted octanol–water partition coefficient (Wildman–Crippen LogP) is 4.12. The molecule has 1 atom stereocenters.